The fraction of sp³-hybridized carbons (Fsp3) is 0.643. The van der Waals surface area contributed by atoms with Gasteiger partial charge < -0.3 is 5.11 Å². The zero-order valence-corrected chi connectivity index (χ0v) is 10.6. The average molecular weight is 221 g/mol. The highest BCUT2D eigenvalue weighted by Gasteiger charge is 2.19. The van der Waals surface area contributed by atoms with E-state index in [4.69, 9.17) is 0 Å². The van der Waals surface area contributed by atoms with Crippen LogP contribution in [0.2, 0.25) is 0 Å². The minimum atomic E-state index is -0.354. The van der Waals surface area contributed by atoms with Gasteiger partial charge >= 0.3 is 0 Å². The molecule has 1 aromatic heterocycles. The minimum Gasteiger partial charge on any atom is -0.388 e. The van der Waals surface area contributed by atoms with Gasteiger partial charge in [0.25, 0.3) is 0 Å². The first-order valence-electron chi connectivity index (χ1n) is 6.28. The van der Waals surface area contributed by atoms with Crippen molar-refractivity contribution in [1.29, 1.82) is 0 Å². The summed E-state index contributed by atoms with van der Waals surface area (Å²) in [6.07, 6.45) is 7.68. The lowest BCUT2D eigenvalue weighted by Gasteiger charge is -2.22. The van der Waals surface area contributed by atoms with Crippen molar-refractivity contribution >= 4 is 0 Å². The smallest absolute Gasteiger partial charge is 0.0833 e. The highest BCUT2D eigenvalue weighted by molar-refractivity contribution is 5.19. The molecular weight excluding hydrogens is 198 g/mol. The second kappa shape index (κ2) is 6.64. The lowest BCUT2D eigenvalue weighted by molar-refractivity contribution is 0.0961. The SMILES string of the molecule is CCCC(CCC)C(O)c1cncc(C)c1. The maximum absolute atomic E-state index is 10.3. The highest BCUT2D eigenvalue weighted by Crippen LogP contribution is 2.29. The summed E-state index contributed by atoms with van der Waals surface area (Å²) in [6.45, 7) is 6.35. The van der Waals surface area contributed by atoms with E-state index in [0.717, 1.165) is 36.8 Å². The van der Waals surface area contributed by atoms with Crippen LogP contribution in [0, 0.1) is 12.8 Å². The lowest BCUT2D eigenvalue weighted by atomic mass is 9.88. The first-order chi connectivity index (χ1) is 7.69. The van der Waals surface area contributed by atoms with Gasteiger partial charge in [-0.15, -0.1) is 0 Å². The van der Waals surface area contributed by atoms with E-state index in [-0.39, 0.29) is 6.10 Å². The van der Waals surface area contributed by atoms with Gasteiger partial charge in [-0.05, 0) is 36.8 Å². The normalized spacial score (nSPS) is 13.1. The van der Waals surface area contributed by atoms with Gasteiger partial charge in [-0.25, -0.2) is 0 Å². The Labute approximate surface area is 98.7 Å². The monoisotopic (exact) mass is 221 g/mol. The average Bonchev–Trinajstić information content (AvgIpc) is 2.28. The summed E-state index contributed by atoms with van der Waals surface area (Å²) in [6, 6.07) is 2.04. The van der Waals surface area contributed by atoms with Crippen molar-refractivity contribution in [2.24, 2.45) is 5.92 Å². The molecule has 0 fully saturated rings. The fourth-order valence-corrected chi connectivity index (χ4v) is 2.21. The van der Waals surface area contributed by atoms with Crippen molar-refractivity contribution < 1.29 is 5.11 Å². The van der Waals surface area contributed by atoms with Crippen LogP contribution in [-0.2, 0) is 0 Å². The molecule has 0 aliphatic heterocycles. The molecule has 1 atom stereocenters. The van der Waals surface area contributed by atoms with Crippen LogP contribution in [0.15, 0.2) is 18.5 Å². The van der Waals surface area contributed by atoms with E-state index in [9.17, 15) is 5.11 Å². The molecule has 2 nitrogen and oxygen atoms in total. The second-order valence-electron chi connectivity index (χ2n) is 4.58. The summed E-state index contributed by atoms with van der Waals surface area (Å²) < 4.78 is 0. The number of nitrogens with zero attached hydrogens (tertiary/aromatic N) is 1. The maximum Gasteiger partial charge on any atom is 0.0833 e. The van der Waals surface area contributed by atoms with Crippen molar-refractivity contribution in [2.45, 2.75) is 52.6 Å². The Bertz CT molecular complexity index is 305. The number of pyridine rings is 1. The van der Waals surface area contributed by atoms with Gasteiger partial charge in [0.05, 0.1) is 6.10 Å². The summed E-state index contributed by atoms with van der Waals surface area (Å²) in [7, 11) is 0. The van der Waals surface area contributed by atoms with Crippen LogP contribution in [0.4, 0.5) is 0 Å². The summed E-state index contributed by atoms with van der Waals surface area (Å²) in [5, 5.41) is 10.3. The summed E-state index contributed by atoms with van der Waals surface area (Å²) >= 11 is 0. The first kappa shape index (κ1) is 13.2. The zero-order valence-electron chi connectivity index (χ0n) is 10.6. The number of rotatable bonds is 6. The van der Waals surface area contributed by atoms with Crippen LogP contribution in [0.25, 0.3) is 0 Å². The topological polar surface area (TPSA) is 33.1 Å². The van der Waals surface area contributed by atoms with E-state index in [1.807, 2.05) is 19.2 Å². The molecule has 0 spiro atoms. The van der Waals surface area contributed by atoms with Crippen molar-refractivity contribution in [3.8, 4) is 0 Å². The Balaban J connectivity index is 2.76. The molecular formula is C14H23NO. The molecule has 0 bridgehead atoms. The minimum absolute atomic E-state index is 0.354. The predicted octanol–water partition coefficient (Wildman–Crippen LogP) is 3.64. The number of hydrogen-bond acceptors (Lipinski definition) is 2. The molecule has 0 aromatic carbocycles. The molecule has 0 aliphatic carbocycles. The van der Waals surface area contributed by atoms with Crippen molar-refractivity contribution in [3.05, 3.63) is 29.6 Å². The summed E-state index contributed by atoms with van der Waals surface area (Å²) in [5.74, 6) is 0.374. The largest absolute Gasteiger partial charge is 0.388 e. The zero-order chi connectivity index (χ0) is 12.0. The molecule has 2 heteroatoms. The number of hydrogen-bond donors (Lipinski definition) is 1. The van der Waals surface area contributed by atoms with Crippen molar-refractivity contribution in [3.63, 3.8) is 0 Å². The van der Waals surface area contributed by atoms with Crippen LogP contribution in [-0.4, -0.2) is 10.1 Å². The first-order valence-corrected chi connectivity index (χ1v) is 6.28. The standard InChI is InChI=1S/C14H23NO/c1-4-6-12(7-5-2)14(16)13-8-11(3)9-15-10-13/h8-10,12,14,16H,4-7H2,1-3H3. The number of aliphatic hydroxyl groups excluding tert-OH is 1. The molecule has 0 radical (unpaired) electrons. The van der Waals surface area contributed by atoms with Gasteiger partial charge in [0, 0.05) is 12.4 Å². The molecule has 16 heavy (non-hydrogen) atoms. The second-order valence-corrected chi connectivity index (χ2v) is 4.58. The highest BCUT2D eigenvalue weighted by atomic mass is 16.3. The summed E-state index contributed by atoms with van der Waals surface area (Å²) in [5.41, 5.74) is 2.08. The molecule has 1 unspecified atom stereocenters. The predicted molar refractivity (Wildman–Crippen MR) is 67.2 cm³/mol. The van der Waals surface area contributed by atoms with E-state index in [2.05, 4.69) is 18.8 Å². The van der Waals surface area contributed by atoms with E-state index in [1.165, 1.54) is 0 Å². The molecule has 1 rings (SSSR count). The molecule has 1 N–H and O–H groups in total. The Morgan fingerprint density at radius 1 is 1.19 bits per heavy atom. The Morgan fingerprint density at radius 2 is 1.81 bits per heavy atom. The van der Waals surface area contributed by atoms with E-state index >= 15 is 0 Å². The van der Waals surface area contributed by atoms with Crippen LogP contribution < -0.4 is 0 Å². The third-order valence-electron chi connectivity index (χ3n) is 3.00. The molecule has 0 saturated heterocycles. The van der Waals surface area contributed by atoms with Crippen LogP contribution >= 0.6 is 0 Å². The molecule has 1 heterocycles. The van der Waals surface area contributed by atoms with Crippen LogP contribution in [0.3, 0.4) is 0 Å². The van der Waals surface area contributed by atoms with Crippen LogP contribution in [0.1, 0.15) is 56.8 Å². The van der Waals surface area contributed by atoms with Gasteiger partial charge in [-0.1, -0.05) is 32.8 Å². The molecule has 1 aromatic rings. The van der Waals surface area contributed by atoms with Gasteiger partial charge in [-0.3, -0.25) is 4.98 Å². The van der Waals surface area contributed by atoms with E-state index < -0.39 is 0 Å². The quantitative estimate of drug-likeness (QED) is 0.795. The summed E-state index contributed by atoms with van der Waals surface area (Å²) in [4.78, 5) is 4.15. The van der Waals surface area contributed by atoms with E-state index in [0.29, 0.717) is 5.92 Å². The Kier molecular flexibility index (Phi) is 5.47. The maximum atomic E-state index is 10.3. The molecule has 0 saturated carbocycles. The van der Waals surface area contributed by atoms with Crippen molar-refractivity contribution in [2.75, 3.05) is 0 Å². The van der Waals surface area contributed by atoms with Gasteiger partial charge in [0.2, 0.25) is 0 Å². The third kappa shape index (κ3) is 3.60. The van der Waals surface area contributed by atoms with Gasteiger partial charge in [0.15, 0.2) is 0 Å². The van der Waals surface area contributed by atoms with E-state index in [1.54, 1.807) is 6.20 Å². The third-order valence-corrected chi connectivity index (χ3v) is 3.00. The fourth-order valence-electron chi connectivity index (χ4n) is 2.21. The molecule has 0 amide bonds. The van der Waals surface area contributed by atoms with Crippen LogP contribution in [0.5, 0.6) is 0 Å². The van der Waals surface area contributed by atoms with Gasteiger partial charge in [-0.2, -0.15) is 0 Å². The Hall–Kier alpha value is -0.890. The molecule has 0 aliphatic rings. The Morgan fingerprint density at radius 3 is 2.31 bits per heavy atom. The number of aryl methyl sites for hydroxylation is 1. The number of aliphatic hydroxyl groups is 1. The van der Waals surface area contributed by atoms with Crippen molar-refractivity contribution in [1.82, 2.24) is 4.98 Å². The number of aromatic nitrogens is 1. The molecule has 90 valence electrons. The van der Waals surface area contributed by atoms with Gasteiger partial charge in [0.1, 0.15) is 0 Å². The lowest BCUT2D eigenvalue weighted by Crippen LogP contribution is -2.13.